The van der Waals surface area contributed by atoms with Gasteiger partial charge in [-0.25, -0.2) is 26.0 Å². The summed E-state index contributed by atoms with van der Waals surface area (Å²) in [7, 11) is -3.39. The first-order chi connectivity index (χ1) is 29.6. The maximum absolute atomic E-state index is 14.3. The van der Waals surface area contributed by atoms with Crippen molar-refractivity contribution in [2.45, 2.75) is 23.6 Å². The van der Waals surface area contributed by atoms with Gasteiger partial charge in [-0.1, -0.05) is 48.5 Å². The number of sulfone groups is 1. The van der Waals surface area contributed by atoms with E-state index in [1.54, 1.807) is 68.2 Å². The molecular formula is C48H36F4N4O4S2. The molecule has 0 saturated carbocycles. The predicted octanol–water partition coefficient (Wildman–Crippen LogP) is 10.4. The molecule has 6 aromatic carbocycles. The summed E-state index contributed by atoms with van der Waals surface area (Å²) in [5, 5.41) is 8.53. The van der Waals surface area contributed by atoms with Crippen molar-refractivity contribution in [2.24, 2.45) is 0 Å². The van der Waals surface area contributed by atoms with E-state index >= 15 is 0 Å². The van der Waals surface area contributed by atoms with Gasteiger partial charge in [-0.3, -0.25) is 9.59 Å². The van der Waals surface area contributed by atoms with Gasteiger partial charge in [-0.15, -0.1) is 11.8 Å². The molecule has 0 spiro atoms. The Bertz CT molecular complexity index is 3180. The summed E-state index contributed by atoms with van der Waals surface area (Å²) in [6.45, 7) is 3.29. The lowest BCUT2D eigenvalue weighted by molar-refractivity contribution is 0.602. The van der Waals surface area contributed by atoms with Crippen molar-refractivity contribution in [1.82, 2.24) is 19.6 Å². The molecule has 0 aliphatic carbocycles. The fraction of sp³-hybridized carbons (Fsp3) is 0.0833. The van der Waals surface area contributed by atoms with Crippen LogP contribution in [-0.4, -0.2) is 40.5 Å². The Morgan fingerprint density at radius 3 is 1.24 bits per heavy atom. The summed E-state index contributed by atoms with van der Waals surface area (Å²) in [6, 6.07) is 33.8. The van der Waals surface area contributed by atoms with Gasteiger partial charge in [-0.05, 0) is 138 Å². The number of aromatic nitrogens is 4. The summed E-state index contributed by atoms with van der Waals surface area (Å²) in [5.41, 5.74) is 4.49. The van der Waals surface area contributed by atoms with Gasteiger partial charge in [0.1, 0.15) is 23.3 Å². The number of hydrogen-bond acceptors (Lipinski definition) is 7. The van der Waals surface area contributed by atoms with Crippen LogP contribution in [0.3, 0.4) is 0 Å². The maximum atomic E-state index is 14.3. The van der Waals surface area contributed by atoms with E-state index in [9.17, 15) is 35.6 Å². The molecule has 0 aliphatic heterocycles. The van der Waals surface area contributed by atoms with Gasteiger partial charge in [0, 0.05) is 22.3 Å². The molecule has 2 aromatic heterocycles. The molecule has 0 N–H and O–H groups in total. The van der Waals surface area contributed by atoms with Crippen molar-refractivity contribution in [2.75, 3.05) is 12.5 Å². The first kappa shape index (κ1) is 43.2. The summed E-state index contributed by atoms with van der Waals surface area (Å²) in [5.74, 6) is -1.71. The first-order valence-corrected chi connectivity index (χ1v) is 22.0. The van der Waals surface area contributed by atoms with E-state index in [-0.39, 0.29) is 16.3 Å². The fourth-order valence-corrected chi connectivity index (χ4v) is 7.62. The molecule has 0 radical (unpaired) electrons. The molecule has 2 heterocycles. The minimum atomic E-state index is -3.39. The van der Waals surface area contributed by atoms with Crippen LogP contribution in [0.2, 0.25) is 0 Å². The summed E-state index contributed by atoms with van der Waals surface area (Å²) < 4.78 is 81.2. The number of nitrogens with zero attached hydrogens (tertiary/aromatic N) is 4. The third-order valence-corrected chi connectivity index (χ3v) is 11.9. The van der Waals surface area contributed by atoms with Crippen LogP contribution in [0, 0.1) is 37.1 Å². The van der Waals surface area contributed by atoms with Gasteiger partial charge in [0.25, 0.3) is 11.1 Å². The van der Waals surface area contributed by atoms with E-state index in [1.165, 1.54) is 83.7 Å². The van der Waals surface area contributed by atoms with Crippen LogP contribution in [0.25, 0.3) is 55.9 Å². The minimum absolute atomic E-state index is 0.136. The normalized spacial score (nSPS) is 11.2. The van der Waals surface area contributed by atoms with Gasteiger partial charge < -0.3 is 0 Å². The molecule has 0 unspecified atom stereocenters. The highest BCUT2D eigenvalue weighted by atomic mass is 32.2. The smallest absolute Gasteiger partial charge is 0.267 e. The van der Waals surface area contributed by atoms with E-state index in [0.717, 1.165) is 21.4 Å². The quantitative estimate of drug-likeness (QED) is 0.111. The fourth-order valence-electron chi connectivity index (χ4n) is 6.58. The van der Waals surface area contributed by atoms with Crippen molar-refractivity contribution in [3.05, 3.63) is 201 Å². The van der Waals surface area contributed by atoms with E-state index in [2.05, 4.69) is 10.2 Å². The molecule has 0 bridgehead atoms. The van der Waals surface area contributed by atoms with Crippen molar-refractivity contribution >= 4 is 21.6 Å². The largest absolute Gasteiger partial charge is 0.280 e. The Hall–Kier alpha value is -6.90. The van der Waals surface area contributed by atoms with Crippen LogP contribution in [0.5, 0.6) is 0 Å². The lowest BCUT2D eigenvalue weighted by atomic mass is 9.96. The van der Waals surface area contributed by atoms with Crippen molar-refractivity contribution in [3.63, 3.8) is 0 Å². The molecule has 0 fully saturated rings. The number of halogens is 4. The van der Waals surface area contributed by atoms with E-state index < -0.39 is 38.4 Å². The average molecular weight is 873 g/mol. The molecule has 14 heteroatoms. The Balaban J connectivity index is 0.000000187. The molecule has 0 amide bonds. The third-order valence-electron chi connectivity index (χ3n) is 10.0. The van der Waals surface area contributed by atoms with E-state index in [1.807, 2.05) is 30.5 Å². The topological polar surface area (TPSA) is 104 Å². The second-order valence-corrected chi connectivity index (χ2v) is 17.1. The lowest BCUT2D eigenvalue weighted by Gasteiger charge is -2.13. The highest BCUT2D eigenvalue weighted by Crippen LogP contribution is 2.33. The monoisotopic (exact) mass is 872 g/mol. The number of hydrogen-bond donors (Lipinski definition) is 0. The molecule has 0 saturated heterocycles. The van der Waals surface area contributed by atoms with Crippen LogP contribution < -0.4 is 11.1 Å². The molecule has 8 rings (SSSR count). The van der Waals surface area contributed by atoms with Crippen LogP contribution in [0.15, 0.2) is 165 Å². The molecule has 8 nitrogen and oxygen atoms in total. The van der Waals surface area contributed by atoms with E-state index in [0.29, 0.717) is 55.9 Å². The summed E-state index contributed by atoms with van der Waals surface area (Å²) in [4.78, 5) is 28.1. The van der Waals surface area contributed by atoms with Gasteiger partial charge in [0.2, 0.25) is 0 Å². The molecule has 312 valence electrons. The van der Waals surface area contributed by atoms with Gasteiger partial charge in [-0.2, -0.15) is 19.6 Å². The van der Waals surface area contributed by atoms with Gasteiger partial charge >= 0.3 is 0 Å². The molecular weight excluding hydrogens is 837 g/mol. The zero-order valence-corrected chi connectivity index (χ0v) is 35.2. The number of benzene rings is 6. The SMILES string of the molecule is CSc1ccc(-c2cnn(-c3ccc(F)cc3)c(=O)c2-c2ccc(C)c(F)c2)cc1.Cc1ccc(-c2c(-c3ccc(S(C)(=O)=O)cc3)cnn(-c3ccc(F)cc3)c2=O)cc1F. The van der Waals surface area contributed by atoms with Crippen molar-refractivity contribution in [1.29, 1.82) is 0 Å². The van der Waals surface area contributed by atoms with Crippen LogP contribution in [-0.2, 0) is 9.84 Å². The zero-order chi connectivity index (χ0) is 44.3. The van der Waals surface area contributed by atoms with Gasteiger partial charge in [0.05, 0.1) is 39.8 Å². The van der Waals surface area contributed by atoms with Crippen LogP contribution >= 0.6 is 11.8 Å². The maximum Gasteiger partial charge on any atom is 0.280 e. The Morgan fingerprint density at radius 2 is 0.887 bits per heavy atom. The Morgan fingerprint density at radius 1 is 0.516 bits per heavy atom. The third kappa shape index (κ3) is 9.21. The summed E-state index contributed by atoms with van der Waals surface area (Å²) >= 11 is 1.62. The number of aryl methyl sites for hydroxylation is 2. The van der Waals surface area contributed by atoms with Crippen LogP contribution in [0.4, 0.5) is 17.6 Å². The second-order valence-electron chi connectivity index (χ2n) is 14.2. The Kier molecular flexibility index (Phi) is 12.5. The predicted molar refractivity (Wildman–Crippen MR) is 236 cm³/mol. The van der Waals surface area contributed by atoms with Crippen molar-refractivity contribution < 1.29 is 26.0 Å². The molecule has 0 atom stereocenters. The second kappa shape index (κ2) is 18.0. The standard InChI is InChI=1S/C24H18F2N2O3S.C24H18F2N2OS/c1-15-3-4-17(13-22(15)26)23-21(16-5-11-20(12-6-16)32(2,30)31)14-27-28(24(23)29)19-9-7-18(25)8-10-19;1-15-3-4-17(13-22(15)26)23-21(16-5-11-20(30-2)12-6-16)14-27-28(24(23)29)19-9-7-18(25)8-10-19/h3-14H,1-2H3;3-14H,1-2H3. The Labute approximate surface area is 358 Å². The highest BCUT2D eigenvalue weighted by molar-refractivity contribution is 7.98. The minimum Gasteiger partial charge on any atom is -0.267 e. The molecule has 0 aliphatic rings. The average Bonchev–Trinajstić information content (AvgIpc) is 3.26. The highest BCUT2D eigenvalue weighted by Gasteiger charge is 2.20. The van der Waals surface area contributed by atoms with Crippen molar-refractivity contribution in [3.8, 4) is 55.9 Å². The molecule has 62 heavy (non-hydrogen) atoms. The first-order valence-electron chi connectivity index (χ1n) is 18.9. The van der Waals surface area contributed by atoms with Gasteiger partial charge in [0.15, 0.2) is 9.84 Å². The molecule has 8 aromatic rings. The number of rotatable bonds is 8. The number of thioether (sulfide) groups is 1. The van der Waals surface area contributed by atoms with E-state index in [4.69, 9.17) is 0 Å². The zero-order valence-electron chi connectivity index (χ0n) is 33.6. The lowest BCUT2D eigenvalue weighted by Crippen LogP contribution is -2.23. The van der Waals surface area contributed by atoms with Crippen LogP contribution in [0.1, 0.15) is 11.1 Å². The summed E-state index contributed by atoms with van der Waals surface area (Å²) in [6.07, 6.45) is 6.13.